The van der Waals surface area contributed by atoms with Gasteiger partial charge in [-0.25, -0.2) is 0 Å². The number of piperidine rings is 1. The highest BCUT2D eigenvalue weighted by Crippen LogP contribution is 2.54. The fraction of sp³-hybridized carbons (Fsp3) is 0.750. The van der Waals surface area contributed by atoms with Crippen molar-refractivity contribution in [1.29, 1.82) is 0 Å². The Morgan fingerprint density at radius 3 is 2.29 bits per heavy atom. The van der Waals surface area contributed by atoms with Gasteiger partial charge in [-0.15, -0.1) is 11.3 Å². The lowest BCUT2D eigenvalue weighted by molar-refractivity contribution is -0.153. The summed E-state index contributed by atoms with van der Waals surface area (Å²) in [5.41, 5.74) is 0.750. The molecule has 1 spiro atoms. The molecule has 0 aromatic carbocycles. The molecule has 48 heavy (non-hydrogen) atoms. The number of carbonyl (C=O) groups is 4. The summed E-state index contributed by atoms with van der Waals surface area (Å²) in [6.45, 7) is 13.3. The summed E-state index contributed by atoms with van der Waals surface area (Å²) < 4.78 is 6.38. The Bertz CT molecular complexity index is 1410. The summed E-state index contributed by atoms with van der Waals surface area (Å²) in [5, 5.41) is 13.4. The van der Waals surface area contributed by atoms with Crippen molar-refractivity contribution in [2.24, 2.45) is 33.5 Å². The van der Waals surface area contributed by atoms with Crippen molar-refractivity contribution in [2.75, 3.05) is 52.5 Å². The Labute approximate surface area is 288 Å². The summed E-state index contributed by atoms with van der Waals surface area (Å²) in [5.74, 6) is -1.11. The van der Waals surface area contributed by atoms with Gasteiger partial charge in [0.05, 0.1) is 36.9 Å². The van der Waals surface area contributed by atoms with E-state index in [0.29, 0.717) is 44.0 Å². The molecule has 1 aromatic heterocycles. The quantitative estimate of drug-likeness (QED) is 0.362. The van der Waals surface area contributed by atoms with Gasteiger partial charge >= 0.3 is 0 Å². The van der Waals surface area contributed by atoms with Crippen molar-refractivity contribution in [1.82, 2.24) is 25.0 Å². The van der Waals surface area contributed by atoms with Gasteiger partial charge in [-0.3, -0.25) is 24.2 Å². The average Bonchev–Trinajstić information content (AvgIpc) is 3.41. The van der Waals surface area contributed by atoms with Crippen molar-refractivity contribution in [3.63, 3.8) is 0 Å². The number of likely N-dealkylation sites (tertiary alicyclic amines) is 3. The van der Waals surface area contributed by atoms with E-state index >= 15 is 0 Å². The molecule has 264 valence electrons. The van der Waals surface area contributed by atoms with E-state index < -0.39 is 28.9 Å². The third kappa shape index (κ3) is 6.94. The van der Waals surface area contributed by atoms with Crippen LogP contribution in [0.15, 0.2) is 23.9 Å². The second-order valence-electron chi connectivity index (χ2n) is 16.8. The molecule has 4 fully saturated rings. The van der Waals surface area contributed by atoms with Gasteiger partial charge in [0.25, 0.3) is 5.91 Å². The monoisotopic (exact) mass is 683 g/mol. The van der Waals surface area contributed by atoms with Crippen LogP contribution in [0.3, 0.4) is 0 Å². The SMILES string of the molecule is C[C@@H](OCC1(CO)CC=CCC1)C(NC(=O)[C@@H]1CN(C(=O)c2cncs2)CC12CN(C(=O)[C@H]1CC1(C)C)C2)C(=O)N1CCC(C)(C)CC1. The number of hydrogen-bond acceptors (Lipinski definition) is 8. The molecule has 6 rings (SSSR count). The zero-order valence-corrected chi connectivity index (χ0v) is 30.0. The minimum Gasteiger partial charge on any atom is -0.396 e. The maximum atomic E-state index is 14.4. The first-order valence-corrected chi connectivity index (χ1v) is 18.5. The minimum absolute atomic E-state index is 0.00360. The molecule has 1 saturated carbocycles. The van der Waals surface area contributed by atoms with Crippen molar-refractivity contribution in [2.45, 2.75) is 85.3 Å². The van der Waals surface area contributed by atoms with Gasteiger partial charge in [0.15, 0.2) is 0 Å². The van der Waals surface area contributed by atoms with Crippen LogP contribution in [0.25, 0.3) is 0 Å². The molecule has 4 amide bonds. The predicted molar refractivity (Wildman–Crippen MR) is 182 cm³/mol. The van der Waals surface area contributed by atoms with Crippen LogP contribution < -0.4 is 5.32 Å². The summed E-state index contributed by atoms with van der Waals surface area (Å²) in [6, 6.07) is -0.929. The number of nitrogens with one attached hydrogen (secondary N) is 1. The summed E-state index contributed by atoms with van der Waals surface area (Å²) in [4.78, 5) is 65.4. The van der Waals surface area contributed by atoms with Crippen LogP contribution in [0.5, 0.6) is 0 Å². The van der Waals surface area contributed by atoms with Crippen LogP contribution in [0, 0.1) is 33.5 Å². The van der Waals surface area contributed by atoms with E-state index in [2.05, 4.69) is 50.1 Å². The molecule has 0 bridgehead atoms. The molecule has 12 heteroatoms. The molecule has 5 atom stereocenters. The van der Waals surface area contributed by atoms with Crippen LogP contribution >= 0.6 is 11.3 Å². The number of nitrogens with zero attached hydrogens (tertiary/aromatic N) is 4. The molecule has 3 saturated heterocycles. The van der Waals surface area contributed by atoms with Gasteiger partial charge in [-0.2, -0.15) is 0 Å². The number of aliphatic hydroxyl groups is 1. The summed E-state index contributed by atoms with van der Waals surface area (Å²) in [7, 11) is 0. The number of amides is 4. The molecular weight excluding hydrogens is 630 g/mol. The highest BCUT2D eigenvalue weighted by Gasteiger charge is 2.62. The number of hydrogen-bond donors (Lipinski definition) is 2. The Kier molecular flexibility index (Phi) is 9.58. The highest BCUT2D eigenvalue weighted by atomic mass is 32.1. The van der Waals surface area contributed by atoms with Crippen LogP contribution in [0.4, 0.5) is 0 Å². The van der Waals surface area contributed by atoms with E-state index in [0.717, 1.165) is 32.1 Å². The summed E-state index contributed by atoms with van der Waals surface area (Å²) in [6.07, 6.45) is 10.0. The second-order valence-corrected chi connectivity index (χ2v) is 17.7. The van der Waals surface area contributed by atoms with Crippen LogP contribution in [-0.4, -0.2) is 113 Å². The molecule has 0 radical (unpaired) electrons. The number of ether oxygens (including phenoxy) is 1. The highest BCUT2D eigenvalue weighted by molar-refractivity contribution is 7.11. The number of rotatable bonds is 10. The van der Waals surface area contributed by atoms with Crippen LogP contribution in [-0.2, 0) is 19.1 Å². The molecular formula is C36H53N5O6S. The lowest BCUT2D eigenvalue weighted by atomic mass is 9.70. The molecule has 2 aliphatic carbocycles. The molecule has 1 aromatic rings. The van der Waals surface area contributed by atoms with Gasteiger partial charge in [0.1, 0.15) is 10.9 Å². The smallest absolute Gasteiger partial charge is 0.265 e. The Hall–Kier alpha value is -2.83. The van der Waals surface area contributed by atoms with Crippen LogP contribution in [0.1, 0.15) is 82.8 Å². The fourth-order valence-corrected chi connectivity index (χ4v) is 8.68. The van der Waals surface area contributed by atoms with Gasteiger partial charge in [0, 0.05) is 56.0 Å². The number of carbonyl (C=O) groups excluding carboxylic acids is 4. The first-order chi connectivity index (χ1) is 22.7. The topological polar surface area (TPSA) is 132 Å². The molecule has 5 aliphatic rings. The van der Waals surface area contributed by atoms with E-state index in [4.69, 9.17) is 4.74 Å². The van der Waals surface area contributed by atoms with Gasteiger partial charge < -0.3 is 29.9 Å². The number of allylic oxidation sites excluding steroid dienone is 2. The third-order valence-electron chi connectivity index (χ3n) is 12.0. The molecule has 4 heterocycles. The van der Waals surface area contributed by atoms with Crippen LogP contribution in [0.2, 0.25) is 0 Å². The maximum Gasteiger partial charge on any atom is 0.265 e. The third-order valence-corrected chi connectivity index (χ3v) is 12.8. The van der Waals surface area contributed by atoms with Gasteiger partial charge in [-0.05, 0) is 56.3 Å². The number of thiazole rings is 1. The van der Waals surface area contributed by atoms with Crippen molar-refractivity contribution < 1.29 is 29.0 Å². The zero-order chi connectivity index (χ0) is 34.5. The Balaban J connectivity index is 1.21. The molecule has 3 aliphatic heterocycles. The summed E-state index contributed by atoms with van der Waals surface area (Å²) >= 11 is 1.27. The Morgan fingerprint density at radius 2 is 1.71 bits per heavy atom. The van der Waals surface area contributed by atoms with Crippen molar-refractivity contribution in [3.8, 4) is 0 Å². The van der Waals surface area contributed by atoms with E-state index in [9.17, 15) is 24.3 Å². The van der Waals surface area contributed by atoms with E-state index in [-0.39, 0.29) is 60.1 Å². The maximum absolute atomic E-state index is 14.4. The fourth-order valence-electron chi connectivity index (χ4n) is 8.09. The zero-order valence-electron chi connectivity index (χ0n) is 29.2. The first-order valence-electron chi connectivity index (χ1n) is 17.6. The minimum atomic E-state index is -0.929. The van der Waals surface area contributed by atoms with E-state index in [1.807, 2.05) is 16.7 Å². The van der Waals surface area contributed by atoms with Crippen molar-refractivity contribution >= 4 is 35.0 Å². The number of aliphatic hydroxyl groups excluding tert-OH is 1. The first kappa shape index (κ1) is 35.0. The molecule has 2 N–H and O–H groups in total. The lowest BCUT2D eigenvalue weighted by Crippen LogP contribution is -2.65. The van der Waals surface area contributed by atoms with E-state index in [1.54, 1.807) is 16.6 Å². The molecule has 11 nitrogen and oxygen atoms in total. The van der Waals surface area contributed by atoms with Gasteiger partial charge in [0.2, 0.25) is 17.7 Å². The predicted octanol–water partition coefficient (Wildman–Crippen LogP) is 3.35. The largest absolute Gasteiger partial charge is 0.396 e. The standard InChI is InChI=1S/C36H53N5O6S/c1-24(47-22-35(21-42)9-7-6-8-10-35)28(32(46)39-13-11-33(2,3)12-14-39)38-29(43)26-17-40(31(45)27-16-37-23-48-27)18-36(26)19-41(20-36)30(44)25-15-34(25,4)5/h6-7,16,23-26,28,42H,8-15,17-22H2,1-5H3,(H,38,43)/t24-,25-,26+,28?,35?/m1/s1. The van der Waals surface area contributed by atoms with E-state index in [1.165, 1.54) is 11.3 Å². The second kappa shape index (κ2) is 13.1. The van der Waals surface area contributed by atoms with Crippen molar-refractivity contribution in [3.05, 3.63) is 28.7 Å². The Morgan fingerprint density at radius 1 is 1.02 bits per heavy atom. The molecule has 2 unspecified atom stereocenters. The lowest BCUT2D eigenvalue weighted by Gasteiger charge is -2.50. The van der Waals surface area contributed by atoms with Gasteiger partial charge in [-0.1, -0.05) is 39.8 Å². The normalized spacial score (nSPS) is 29.7. The average molecular weight is 684 g/mol. The number of aromatic nitrogens is 1.